The second kappa shape index (κ2) is 12.2. The molecule has 1 saturated carbocycles. The summed E-state index contributed by atoms with van der Waals surface area (Å²) >= 11 is 6.04. The van der Waals surface area contributed by atoms with Crippen molar-refractivity contribution in [1.29, 1.82) is 0 Å². The minimum Gasteiger partial charge on any atom is -0.477 e. The molecule has 0 unspecified atom stereocenters. The summed E-state index contributed by atoms with van der Waals surface area (Å²) in [6.45, 7) is 4.83. The fourth-order valence-corrected chi connectivity index (χ4v) is 4.09. The number of carbonyl (C=O) groups is 2. The van der Waals surface area contributed by atoms with E-state index in [0.717, 1.165) is 12.8 Å². The van der Waals surface area contributed by atoms with Gasteiger partial charge in [0.15, 0.2) is 11.5 Å². The minimum atomic E-state index is -0.329. The predicted molar refractivity (Wildman–Crippen MR) is 140 cm³/mol. The number of nitrogens with zero attached hydrogens (tertiary/aromatic N) is 5. The molecule has 37 heavy (non-hydrogen) atoms. The van der Waals surface area contributed by atoms with Crippen LogP contribution in [0.2, 0.25) is 5.02 Å². The first kappa shape index (κ1) is 26.6. The van der Waals surface area contributed by atoms with E-state index in [-0.39, 0.29) is 36.6 Å². The van der Waals surface area contributed by atoms with Gasteiger partial charge in [0.05, 0.1) is 29.4 Å². The van der Waals surface area contributed by atoms with Crippen LogP contribution in [0.3, 0.4) is 0 Å². The van der Waals surface area contributed by atoms with Gasteiger partial charge in [-0.1, -0.05) is 11.6 Å². The molecule has 1 fully saturated rings. The van der Waals surface area contributed by atoms with Crippen molar-refractivity contribution in [2.75, 3.05) is 25.1 Å². The molecule has 11 heteroatoms. The van der Waals surface area contributed by atoms with Crippen LogP contribution in [0.15, 0.2) is 36.7 Å². The molecule has 0 bridgehead atoms. The zero-order valence-corrected chi connectivity index (χ0v) is 21.7. The van der Waals surface area contributed by atoms with Gasteiger partial charge in [-0.15, -0.1) is 0 Å². The molecular weight excluding hydrogens is 496 g/mol. The number of pyridine rings is 2. The molecule has 0 aliphatic heterocycles. The number of rotatable bonds is 13. The Balaban J connectivity index is 1.86. The van der Waals surface area contributed by atoms with Crippen molar-refractivity contribution in [1.82, 2.24) is 24.4 Å². The number of hydrogen-bond acceptors (Lipinski definition) is 7. The van der Waals surface area contributed by atoms with E-state index in [1.807, 2.05) is 19.9 Å². The molecule has 10 nitrogen and oxygen atoms in total. The van der Waals surface area contributed by atoms with Crippen LogP contribution in [0.25, 0.3) is 11.4 Å². The number of anilines is 1. The minimum absolute atomic E-state index is 0.0491. The first-order valence-electron chi connectivity index (χ1n) is 12.3. The highest BCUT2D eigenvalue weighted by Gasteiger charge is 2.31. The normalized spacial score (nSPS) is 13.0. The highest BCUT2D eigenvalue weighted by Crippen LogP contribution is 2.35. The highest BCUT2D eigenvalue weighted by molar-refractivity contribution is 6.30. The Hall–Kier alpha value is -3.50. The van der Waals surface area contributed by atoms with E-state index in [1.165, 1.54) is 6.20 Å². The molecule has 0 atom stereocenters. The third kappa shape index (κ3) is 6.44. The molecule has 196 valence electrons. The Bertz CT molecular complexity index is 1230. The van der Waals surface area contributed by atoms with Crippen molar-refractivity contribution in [3.8, 4) is 17.3 Å². The fraction of sp³-hybridized carbons (Fsp3) is 0.423. The lowest BCUT2D eigenvalue weighted by Crippen LogP contribution is -2.39. The number of aromatic nitrogens is 4. The first-order chi connectivity index (χ1) is 17.9. The SMILES string of the molecule is CC(C)N(CCCO)C(=O)c1c(NC=O)nc(-c2cccnc2OCC2CC2)n1Cc1ccc(Cl)cn1. The van der Waals surface area contributed by atoms with E-state index < -0.39 is 0 Å². The van der Waals surface area contributed by atoms with Gasteiger partial charge in [0.25, 0.3) is 5.91 Å². The van der Waals surface area contributed by atoms with E-state index in [0.29, 0.717) is 59.9 Å². The monoisotopic (exact) mass is 526 g/mol. The van der Waals surface area contributed by atoms with Crippen LogP contribution in [0.4, 0.5) is 5.82 Å². The number of imidazole rings is 1. The van der Waals surface area contributed by atoms with Crippen molar-refractivity contribution >= 4 is 29.7 Å². The maximum atomic E-state index is 13.9. The molecule has 3 aromatic heterocycles. The average molecular weight is 527 g/mol. The predicted octanol–water partition coefficient (Wildman–Crippen LogP) is 3.63. The lowest BCUT2D eigenvalue weighted by Gasteiger charge is -2.27. The number of aliphatic hydroxyl groups excluding tert-OH is 1. The summed E-state index contributed by atoms with van der Waals surface area (Å²) in [7, 11) is 0. The van der Waals surface area contributed by atoms with Crippen LogP contribution >= 0.6 is 11.6 Å². The van der Waals surface area contributed by atoms with Gasteiger partial charge in [-0.05, 0) is 63.3 Å². The maximum Gasteiger partial charge on any atom is 0.274 e. The Morgan fingerprint density at radius 3 is 2.78 bits per heavy atom. The molecule has 1 aliphatic carbocycles. The fourth-order valence-electron chi connectivity index (χ4n) is 3.98. The number of ether oxygens (including phenoxy) is 1. The standard InChI is InChI=1S/C26H31ClN6O4/c1-17(2)32(11-4-12-34)26(36)22-23(30-16-35)31-24(33(22)14-20-9-8-19(27)13-29-20)21-5-3-10-28-25(21)37-15-18-6-7-18/h3,5,8-10,13,16-18,34H,4,6-7,11-12,14-15H2,1-2H3,(H,30,35). The summed E-state index contributed by atoms with van der Waals surface area (Å²) < 4.78 is 7.76. The van der Waals surface area contributed by atoms with Crippen molar-refractivity contribution in [3.05, 3.63) is 53.1 Å². The van der Waals surface area contributed by atoms with Crippen LogP contribution in [-0.2, 0) is 11.3 Å². The van der Waals surface area contributed by atoms with Gasteiger partial charge in [-0.2, -0.15) is 0 Å². The summed E-state index contributed by atoms with van der Waals surface area (Å²) in [5.41, 5.74) is 1.43. The molecule has 3 aromatic rings. The summed E-state index contributed by atoms with van der Waals surface area (Å²) in [6.07, 6.45) is 6.35. The van der Waals surface area contributed by atoms with Crippen LogP contribution in [0.1, 0.15) is 49.3 Å². The first-order valence-corrected chi connectivity index (χ1v) is 12.7. The van der Waals surface area contributed by atoms with E-state index in [2.05, 4.69) is 20.3 Å². The smallest absolute Gasteiger partial charge is 0.274 e. The maximum absolute atomic E-state index is 13.9. The Morgan fingerprint density at radius 1 is 1.32 bits per heavy atom. The van der Waals surface area contributed by atoms with Gasteiger partial charge in [-0.3, -0.25) is 14.6 Å². The number of amides is 2. The third-order valence-electron chi connectivity index (χ3n) is 6.08. The molecule has 2 amide bonds. The zero-order valence-electron chi connectivity index (χ0n) is 20.9. The van der Waals surface area contributed by atoms with Gasteiger partial charge < -0.3 is 24.6 Å². The van der Waals surface area contributed by atoms with Crippen LogP contribution in [0.5, 0.6) is 5.88 Å². The number of aliphatic hydroxyl groups is 1. The number of halogens is 1. The van der Waals surface area contributed by atoms with E-state index in [1.54, 1.807) is 33.9 Å². The highest BCUT2D eigenvalue weighted by atomic mass is 35.5. The largest absolute Gasteiger partial charge is 0.477 e. The summed E-state index contributed by atoms with van der Waals surface area (Å²) in [5.74, 6) is 1.13. The van der Waals surface area contributed by atoms with Gasteiger partial charge >= 0.3 is 0 Å². The lowest BCUT2D eigenvalue weighted by molar-refractivity contribution is -0.105. The van der Waals surface area contributed by atoms with Crippen LogP contribution in [0, 0.1) is 5.92 Å². The number of carbonyl (C=O) groups excluding carboxylic acids is 2. The molecular formula is C26H31ClN6O4. The molecule has 0 saturated heterocycles. The molecule has 0 spiro atoms. The van der Waals surface area contributed by atoms with Crippen molar-refractivity contribution in [2.45, 2.75) is 45.7 Å². The summed E-state index contributed by atoms with van der Waals surface area (Å²) in [5, 5.41) is 12.5. The Morgan fingerprint density at radius 2 is 2.14 bits per heavy atom. The summed E-state index contributed by atoms with van der Waals surface area (Å²) in [6, 6.07) is 6.94. The third-order valence-corrected chi connectivity index (χ3v) is 6.30. The van der Waals surface area contributed by atoms with Crippen LogP contribution < -0.4 is 10.1 Å². The summed E-state index contributed by atoms with van der Waals surface area (Å²) in [4.78, 5) is 40.7. The van der Waals surface area contributed by atoms with Crippen LogP contribution in [-0.4, -0.2) is 67.6 Å². The molecule has 4 rings (SSSR count). The van der Waals surface area contributed by atoms with Gasteiger partial charge in [-0.25, -0.2) is 9.97 Å². The Kier molecular flexibility index (Phi) is 8.73. The average Bonchev–Trinajstić information content (AvgIpc) is 3.65. The van der Waals surface area contributed by atoms with E-state index in [9.17, 15) is 14.7 Å². The van der Waals surface area contributed by atoms with E-state index >= 15 is 0 Å². The molecule has 0 radical (unpaired) electrons. The molecule has 1 aliphatic rings. The van der Waals surface area contributed by atoms with Gasteiger partial charge in [0.1, 0.15) is 5.82 Å². The quantitative estimate of drug-likeness (QED) is 0.326. The second-order valence-corrected chi connectivity index (χ2v) is 9.67. The van der Waals surface area contributed by atoms with Gasteiger partial charge in [0, 0.05) is 31.6 Å². The number of hydrogen-bond donors (Lipinski definition) is 2. The van der Waals surface area contributed by atoms with Gasteiger partial charge in [0.2, 0.25) is 12.3 Å². The van der Waals surface area contributed by atoms with Crippen molar-refractivity contribution in [2.24, 2.45) is 5.92 Å². The van der Waals surface area contributed by atoms with E-state index in [4.69, 9.17) is 16.3 Å². The molecule has 3 heterocycles. The second-order valence-electron chi connectivity index (χ2n) is 9.23. The molecule has 2 N–H and O–H groups in total. The zero-order chi connectivity index (χ0) is 26.4. The lowest BCUT2D eigenvalue weighted by atomic mass is 10.2. The topological polar surface area (TPSA) is 122 Å². The van der Waals surface area contributed by atoms with Crippen molar-refractivity contribution < 1.29 is 19.4 Å². The van der Waals surface area contributed by atoms with Crippen molar-refractivity contribution in [3.63, 3.8) is 0 Å². The Labute approximate surface area is 220 Å². The number of nitrogens with one attached hydrogen (secondary N) is 1. The molecule has 0 aromatic carbocycles.